The van der Waals surface area contributed by atoms with Crippen molar-refractivity contribution in [1.29, 1.82) is 0 Å². The molecule has 0 spiro atoms. The van der Waals surface area contributed by atoms with E-state index < -0.39 is 11.6 Å². The Morgan fingerprint density at radius 2 is 1.71 bits per heavy atom. The molecule has 1 fully saturated rings. The Bertz CT molecular complexity index is 649. The van der Waals surface area contributed by atoms with Crippen LogP contribution in [0.25, 0.3) is 0 Å². The van der Waals surface area contributed by atoms with Gasteiger partial charge in [0.05, 0.1) is 0 Å². The van der Waals surface area contributed by atoms with Gasteiger partial charge in [0.1, 0.15) is 17.5 Å². The zero-order valence-electron chi connectivity index (χ0n) is 13.8. The van der Waals surface area contributed by atoms with Crippen LogP contribution in [0.2, 0.25) is 0 Å². The first-order valence-electron chi connectivity index (χ1n) is 8.67. The number of rotatable bonds is 7. The number of benzene rings is 1. The highest BCUT2D eigenvalue weighted by Crippen LogP contribution is 2.12. The summed E-state index contributed by atoms with van der Waals surface area (Å²) in [5.74, 6) is -0.206. The van der Waals surface area contributed by atoms with E-state index in [1.165, 1.54) is 38.1 Å². The van der Waals surface area contributed by atoms with Crippen molar-refractivity contribution in [3.8, 4) is 0 Å². The molecule has 24 heavy (non-hydrogen) atoms. The van der Waals surface area contributed by atoms with Crippen LogP contribution < -0.4 is 0 Å². The topological polar surface area (TPSA) is 29.0 Å². The summed E-state index contributed by atoms with van der Waals surface area (Å²) < 4.78 is 26.4. The molecule has 1 aliphatic rings. The van der Waals surface area contributed by atoms with E-state index in [-0.39, 0.29) is 0 Å². The standard InChI is InChI=1S/C19H23F2N3/c20-16-12-15(13-17(21)14-16)5-6-18-7-8-22-19(23-18)4-3-11-24-9-1-2-10-24/h7-8,12-14H,1-6,9-11H2. The molecular weight excluding hydrogens is 308 g/mol. The molecule has 0 saturated carbocycles. The lowest BCUT2D eigenvalue weighted by Gasteiger charge is -2.13. The molecule has 0 amide bonds. The van der Waals surface area contributed by atoms with Crippen molar-refractivity contribution in [3.63, 3.8) is 0 Å². The van der Waals surface area contributed by atoms with E-state index >= 15 is 0 Å². The van der Waals surface area contributed by atoms with Gasteiger partial charge in [-0.05, 0) is 75.5 Å². The van der Waals surface area contributed by atoms with E-state index in [0.29, 0.717) is 18.4 Å². The Labute approximate surface area is 141 Å². The summed E-state index contributed by atoms with van der Waals surface area (Å²) in [7, 11) is 0. The molecule has 0 aliphatic carbocycles. The molecule has 3 rings (SSSR count). The van der Waals surface area contributed by atoms with Gasteiger partial charge in [0.25, 0.3) is 0 Å². The van der Waals surface area contributed by atoms with Gasteiger partial charge in [0.15, 0.2) is 0 Å². The molecule has 128 valence electrons. The average Bonchev–Trinajstić information content (AvgIpc) is 3.06. The fourth-order valence-corrected chi connectivity index (χ4v) is 3.20. The Balaban J connectivity index is 1.50. The second-order valence-electron chi connectivity index (χ2n) is 6.39. The summed E-state index contributed by atoms with van der Waals surface area (Å²) in [5, 5.41) is 0. The number of aromatic nitrogens is 2. The molecule has 1 aliphatic heterocycles. The van der Waals surface area contributed by atoms with Crippen LogP contribution in [0, 0.1) is 11.6 Å². The Kier molecular flexibility index (Phi) is 5.86. The van der Waals surface area contributed by atoms with Crippen LogP contribution >= 0.6 is 0 Å². The minimum atomic E-state index is -0.532. The SMILES string of the molecule is Fc1cc(F)cc(CCc2ccnc(CCCN3CCCC3)n2)c1. The van der Waals surface area contributed by atoms with Gasteiger partial charge in [-0.1, -0.05) is 0 Å². The van der Waals surface area contributed by atoms with Crippen molar-refractivity contribution in [1.82, 2.24) is 14.9 Å². The van der Waals surface area contributed by atoms with E-state index in [9.17, 15) is 8.78 Å². The fourth-order valence-electron chi connectivity index (χ4n) is 3.20. The second-order valence-corrected chi connectivity index (χ2v) is 6.39. The van der Waals surface area contributed by atoms with E-state index in [0.717, 1.165) is 37.0 Å². The summed E-state index contributed by atoms with van der Waals surface area (Å²) in [5.41, 5.74) is 1.58. The van der Waals surface area contributed by atoms with Crippen LogP contribution in [0.4, 0.5) is 8.78 Å². The zero-order chi connectivity index (χ0) is 16.8. The lowest BCUT2D eigenvalue weighted by Crippen LogP contribution is -2.21. The first kappa shape index (κ1) is 17.0. The number of hydrogen-bond donors (Lipinski definition) is 0. The molecule has 1 aromatic heterocycles. The second kappa shape index (κ2) is 8.29. The molecule has 0 unspecified atom stereocenters. The quantitative estimate of drug-likeness (QED) is 0.777. The minimum Gasteiger partial charge on any atom is -0.303 e. The Morgan fingerprint density at radius 1 is 0.958 bits per heavy atom. The fraction of sp³-hybridized carbons (Fsp3) is 0.474. The first-order chi connectivity index (χ1) is 11.7. The van der Waals surface area contributed by atoms with Gasteiger partial charge >= 0.3 is 0 Å². The number of likely N-dealkylation sites (tertiary alicyclic amines) is 1. The zero-order valence-corrected chi connectivity index (χ0v) is 13.8. The molecule has 0 radical (unpaired) electrons. The van der Waals surface area contributed by atoms with E-state index in [1.807, 2.05) is 6.07 Å². The Hall–Kier alpha value is -1.88. The number of hydrogen-bond acceptors (Lipinski definition) is 3. The lowest BCUT2D eigenvalue weighted by atomic mass is 10.1. The minimum absolute atomic E-state index is 0.532. The summed E-state index contributed by atoms with van der Waals surface area (Å²) in [4.78, 5) is 11.4. The third kappa shape index (κ3) is 5.06. The van der Waals surface area contributed by atoms with Crippen LogP contribution in [0.15, 0.2) is 30.5 Å². The maximum atomic E-state index is 13.2. The smallest absolute Gasteiger partial charge is 0.128 e. The largest absolute Gasteiger partial charge is 0.303 e. The van der Waals surface area contributed by atoms with Gasteiger partial charge in [-0.2, -0.15) is 0 Å². The lowest BCUT2D eigenvalue weighted by molar-refractivity contribution is 0.333. The van der Waals surface area contributed by atoms with Crippen LogP contribution in [0.5, 0.6) is 0 Å². The van der Waals surface area contributed by atoms with Crippen molar-refractivity contribution >= 4 is 0 Å². The summed E-state index contributed by atoms with van der Waals surface area (Å²) in [6, 6.07) is 5.52. The highest BCUT2D eigenvalue weighted by Gasteiger charge is 2.11. The maximum absolute atomic E-state index is 13.2. The molecule has 3 nitrogen and oxygen atoms in total. The average molecular weight is 331 g/mol. The van der Waals surface area contributed by atoms with E-state index in [4.69, 9.17) is 0 Å². The predicted molar refractivity (Wildman–Crippen MR) is 89.8 cm³/mol. The highest BCUT2D eigenvalue weighted by atomic mass is 19.1. The molecule has 1 aromatic carbocycles. The third-order valence-corrected chi connectivity index (χ3v) is 4.43. The summed E-state index contributed by atoms with van der Waals surface area (Å²) in [6.07, 6.45) is 7.57. The van der Waals surface area contributed by atoms with Gasteiger partial charge in [-0.25, -0.2) is 18.7 Å². The highest BCUT2D eigenvalue weighted by molar-refractivity contribution is 5.19. The van der Waals surface area contributed by atoms with Crippen LogP contribution in [-0.4, -0.2) is 34.5 Å². The van der Waals surface area contributed by atoms with Gasteiger partial charge < -0.3 is 4.90 Å². The van der Waals surface area contributed by atoms with Gasteiger partial charge in [0, 0.05) is 24.4 Å². The molecule has 2 heterocycles. The van der Waals surface area contributed by atoms with Crippen molar-refractivity contribution < 1.29 is 8.78 Å². The van der Waals surface area contributed by atoms with Crippen molar-refractivity contribution in [2.24, 2.45) is 0 Å². The van der Waals surface area contributed by atoms with Gasteiger partial charge in [0.2, 0.25) is 0 Å². The van der Waals surface area contributed by atoms with Crippen LogP contribution in [0.1, 0.15) is 36.3 Å². The normalized spacial score (nSPS) is 15.1. The molecule has 0 N–H and O–H groups in total. The molecular formula is C19H23F2N3. The molecule has 5 heteroatoms. The number of halogens is 2. The van der Waals surface area contributed by atoms with Crippen molar-refractivity contribution in [3.05, 3.63) is 59.2 Å². The molecule has 1 saturated heterocycles. The summed E-state index contributed by atoms with van der Waals surface area (Å²) >= 11 is 0. The summed E-state index contributed by atoms with van der Waals surface area (Å²) in [6.45, 7) is 3.53. The number of nitrogens with zero attached hydrogens (tertiary/aromatic N) is 3. The van der Waals surface area contributed by atoms with Crippen LogP contribution in [-0.2, 0) is 19.3 Å². The van der Waals surface area contributed by atoms with Crippen molar-refractivity contribution in [2.45, 2.75) is 38.5 Å². The molecule has 2 aromatic rings. The monoisotopic (exact) mass is 331 g/mol. The van der Waals surface area contributed by atoms with E-state index in [2.05, 4.69) is 14.9 Å². The predicted octanol–water partition coefficient (Wildman–Crippen LogP) is 3.57. The first-order valence-corrected chi connectivity index (χ1v) is 8.67. The number of aryl methyl sites for hydroxylation is 3. The maximum Gasteiger partial charge on any atom is 0.128 e. The molecule has 0 bridgehead atoms. The van der Waals surface area contributed by atoms with Crippen LogP contribution in [0.3, 0.4) is 0 Å². The van der Waals surface area contributed by atoms with E-state index in [1.54, 1.807) is 6.20 Å². The molecule has 0 atom stereocenters. The third-order valence-electron chi connectivity index (χ3n) is 4.43. The van der Waals surface area contributed by atoms with Crippen molar-refractivity contribution in [2.75, 3.05) is 19.6 Å². The van der Waals surface area contributed by atoms with Gasteiger partial charge in [-0.3, -0.25) is 0 Å². The van der Waals surface area contributed by atoms with Gasteiger partial charge in [-0.15, -0.1) is 0 Å². The Morgan fingerprint density at radius 3 is 2.46 bits per heavy atom.